The number of fused-ring (bicyclic) bond motifs is 1. The number of benzene rings is 1. The van der Waals surface area contributed by atoms with Crippen LogP contribution in [0.3, 0.4) is 0 Å². The van der Waals surface area contributed by atoms with Gasteiger partial charge in [0.2, 0.25) is 0 Å². The van der Waals surface area contributed by atoms with Crippen molar-refractivity contribution >= 4 is 29.0 Å². The van der Waals surface area contributed by atoms with E-state index in [0.29, 0.717) is 16.5 Å². The molecule has 3 rings (SSSR count). The Morgan fingerprint density at radius 2 is 1.96 bits per heavy atom. The van der Waals surface area contributed by atoms with Crippen LogP contribution in [0.5, 0.6) is 0 Å². The molecular weight excluding hydrogens is 352 g/mol. The van der Waals surface area contributed by atoms with Crippen LogP contribution in [0.15, 0.2) is 18.2 Å². The third kappa shape index (κ3) is 3.26. The first-order valence-electron chi connectivity index (χ1n) is 8.32. The SMILES string of the molecule is Cc1cc(NC(=O)N(C)C)ccc1-c1nn2nc(C(C)(C)C)c(Cl)c2[nH]1. The first-order valence-corrected chi connectivity index (χ1v) is 8.70. The summed E-state index contributed by atoms with van der Waals surface area (Å²) in [5, 5.41) is 12.5. The van der Waals surface area contributed by atoms with Crippen LogP contribution in [0.2, 0.25) is 5.02 Å². The fraction of sp³-hybridized carbons (Fsp3) is 0.389. The second-order valence-electron chi connectivity index (χ2n) is 7.58. The van der Waals surface area contributed by atoms with Crippen molar-refractivity contribution in [3.8, 4) is 11.4 Å². The van der Waals surface area contributed by atoms with E-state index in [4.69, 9.17) is 11.6 Å². The fourth-order valence-corrected chi connectivity index (χ4v) is 3.08. The number of halogens is 1. The number of rotatable bonds is 2. The van der Waals surface area contributed by atoms with E-state index in [0.717, 1.165) is 22.5 Å². The van der Waals surface area contributed by atoms with Crippen LogP contribution in [0.1, 0.15) is 32.0 Å². The highest BCUT2D eigenvalue weighted by Gasteiger charge is 2.25. The van der Waals surface area contributed by atoms with Gasteiger partial charge >= 0.3 is 6.03 Å². The number of aromatic nitrogens is 4. The molecule has 3 aromatic rings. The van der Waals surface area contributed by atoms with E-state index < -0.39 is 0 Å². The summed E-state index contributed by atoms with van der Waals surface area (Å²) in [6.07, 6.45) is 0. The second kappa shape index (κ2) is 6.32. The second-order valence-corrected chi connectivity index (χ2v) is 7.96. The molecule has 0 unspecified atom stereocenters. The molecule has 0 aliphatic rings. The Kier molecular flexibility index (Phi) is 4.44. The van der Waals surface area contributed by atoms with Crippen LogP contribution in [0.4, 0.5) is 10.5 Å². The third-order valence-corrected chi connectivity index (χ3v) is 4.45. The van der Waals surface area contributed by atoms with Crippen LogP contribution < -0.4 is 5.32 Å². The maximum atomic E-state index is 11.8. The zero-order valence-electron chi connectivity index (χ0n) is 15.8. The van der Waals surface area contributed by atoms with Gasteiger partial charge in [-0.15, -0.1) is 9.73 Å². The summed E-state index contributed by atoms with van der Waals surface area (Å²) < 4.78 is 1.54. The highest BCUT2D eigenvalue weighted by atomic mass is 35.5. The molecule has 138 valence electrons. The van der Waals surface area contributed by atoms with E-state index in [9.17, 15) is 4.79 Å². The summed E-state index contributed by atoms with van der Waals surface area (Å²) in [5.41, 5.74) is 3.96. The van der Waals surface area contributed by atoms with Crippen LogP contribution in [-0.4, -0.2) is 44.8 Å². The first kappa shape index (κ1) is 18.3. The summed E-state index contributed by atoms with van der Waals surface area (Å²) in [5.74, 6) is 0.679. The Balaban J connectivity index is 1.95. The minimum Gasteiger partial charge on any atom is -0.331 e. The Morgan fingerprint density at radius 3 is 2.50 bits per heavy atom. The lowest BCUT2D eigenvalue weighted by Gasteiger charge is -2.14. The molecule has 2 N–H and O–H groups in total. The van der Waals surface area contributed by atoms with Gasteiger partial charge < -0.3 is 15.2 Å². The molecule has 0 saturated heterocycles. The van der Waals surface area contributed by atoms with Gasteiger partial charge in [-0.2, -0.15) is 5.10 Å². The molecule has 0 saturated carbocycles. The normalized spacial score (nSPS) is 11.8. The summed E-state index contributed by atoms with van der Waals surface area (Å²) in [4.78, 5) is 16.5. The lowest BCUT2D eigenvalue weighted by atomic mass is 9.92. The minimum absolute atomic E-state index is 0.159. The summed E-state index contributed by atoms with van der Waals surface area (Å²) in [6.45, 7) is 8.15. The highest BCUT2D eigenvalue weighted by molar-refractivity contribution is 6.34. The van der Waals surface area contributed by atoms with Gasteiger partial charge in [-0.25, -0.2) is 4.79 Å². The Hall–Kier alpha value is -2.54. The molecule has 0 atom stereocenters. The number of urea groups is 1. The highest BCUT2D eigenvalue weighted by Crippen LogP contribution is 2.32. The maximum absolute atomic E-state index is 11.8. The van der Waals surface area contributed by atoms with Crippen molar-refractivity contribution in [3.05, 3.63) is 34.5 Å². The molecule has 8 heteroatoms. The lowest BCUT2D eigenvalue weighted by molar-refractivity contribution is 0.230. The molecule has 0 fully saturated rings. The van der Waals surface area contributed by atoms with E-state index >= 15 is 0 Å². The summed E-state index contributed by atoms with van der Waals surface area (Å²) in [7, 11) is 3.40. The van der Waals surface area contributed by atoms with E-state index in [1.807, 2.05) is 25.1 Å². The Bertz CT molecular complexity index is 980. The molecule has 7 nitrogen and oxygen atoms in total. The number of aromatic amines is 1. The number of anilines is 1. The van der Waals surface area contributed by atoms with E-state index in [1.165, 1.54) is 4.90 Å². The van der Waals surface area contributed by atoms with Crippen molar-refractivity contribution in [2.24, 2.45) is 0 Å². The topological polar surface area (TPSA) is 78.3 Å². The Morgan fingerprint density at radius 1 is 1.27 bits per heavy atom. The summed E-state index contributed by atoms with van der Waals surface area (Å²) >= 11 is 6.49. The van der Waals surface area contributed by atoms with E-state index in [-0.39, 0.29) is 11.4 Å². The van der Waals surface area contributed by atoms with Gasteiger partial charge in [-0.3, -0.25) is 0 Å². The third-order valence-electron chi connectivity index (χ3n) is 4.09. The molecule has 2 heterocycles. The number of H-pyrrole nitrogens is 1. The van der Waals surface area contributed by atoms with Crippen molar-refractivity contribution in [1.82, 2.24) is 24.7 Å². The van der Waals surface area contributed by atoms with Gasteiger partial charge in [0.25, 0.3) is 0 Å². The zero-order chi connectivity index (χ0) is 19.2. The molecule has 0 aliphatic heterocycles. The standard InChI is InChI=1S/C18H23ClN6O/c1-10-9-11(20-17(26)24(5)6)7-8-12(10)15-21-16-13(19)14(18(2,3)4)22-25(16)23-15/h7-9H,1-6H3,(H,20,26)(H,21,23). The molecule has 0 radical (unpaired) electrons. The number of nitrogens with zero attached hydrogens (tertiary/aromatic N) is 4. The van der Waals surface area contributed by atoms with Gasteiger partial charge in [0.05, 0.1) is 5.69 Å². The Labute approximate surface area is 157 Å². The average Bonchev–Trinajstić information content (AvgIpc) is 3.06. The number of carbonyl (C=O) groups excluding carboxylic acids is 1. The van der Waals surface area contributed by atoms with E-state index in [1.54, 1.807) is 18.7 Å². The van der Waals surface area contributed by atoms with Gasteiger partial charge in [0.15, 0.2) is 11.5 Å². The van der Waals surface area contributed by atoms with Gasteiger partial charge in [-0.1, -0.05) is 32.4 Å². The zero-order valence-corrected chi connectivity index (χ0v) is 16.6. The van der Waals surface area contributed by atoms with Crippen molar-refractivity contribution < 1.29 is 4.79 Å². The average molecular weight is 375 g/mol. The molecule has 26 heavy (non-hydrogen) atoms. The largest absolute Gasteiger partial charge is 0.331 e. The predicted molar refractivity (Wildman–Crippen MR) is 104 cm³/mol. The number of hydrogen-bond acceptors (Lipinski definition) is 3. The molecule has 0 bridgehead atoms. The smallest absolute Gasteiger partial charge is 0.321 e. The van der Waals surface area contributed by atoms with Crippen LogP contribution in [-0.2, 0) is 5.41 Å². The van der Waals surface area contributed by atoms with Gasteiger partial charge in [0, 0.05) is 30.8 Å². The van der Waals surface area contributed by atoms with Crippen molar-refractivity contribution in [2.75, 3.05) is 19.4 Å². The first-order chi connectivity index (χ1) is 12.1. The maximum Gasteiger partial charge on any atom is 0.321 e. The number of hydrogen-bond donors (Lipinski definition) is 2. The molecule has 0 aliphatic carbocycles. The molecule has 0 spiro atoms. The van der Waals surface area contributed by atoms with Gasteiger partial charge in [0.1, 0.15) is 5.02 Å². The number of carbonyl (C=O) groups is 1. The molecule has 1 aromatic carbocycles. The quantitative estimate of drug-likeness (QED) is 0.709. The molecule has 2 aromatic heterocycles. The molecule has 2 amide bonds. The van der Waals surface area contributed by atoms with Crippen molar-refractivity contribution in [3.63, 3.8) is 0 Å². The number of nitrogens with one attached hydrogen (secondary N) is 2. The fourth-order valence-electron chi connectivity index (χ4n) is 2.64. The van der Waals surface area contributed by atoms with Crippen molar-refractivity contribution in [1.29, 1.82) is 0 Å². The number of aryl methyl sites for hydroxylation is 1. The van der Waals surface area contributed by atoms with Crippen molar-refractivity contribution in [2.45, 2.75) is 33.1 Å². The van der Waals surface area contributed by atoms with Crippen LogP contribution >= 0.6 is 11.6 Å². The molecular formula is C18H23ClN6O. The van der Waals surface area contributed by atoms with Crippen LogP contribution in [0, 0.1) is 6.92 Å². The van der Waals surface area contributed by atoms with Gasteiger partial charge in [-0.05, 0) is 30.7 Å². The predicted octanol–water partition coefficient (Wildman–Crippen LogP) is 4.08. The number of amides is 2. The minimum atomic E-state index is -0.171. The summed E-state index contributed by atoms with van der Waals surface area (Å²) in [6, 6.07) is 5.49. The lowest BCUT2D eigenvalue weighted by Crippen LogP contribution is -2.27. The van der Waals surface area contributed by atoms with Crippen LogP contribution in [0.25, 0.3) is 17.0 Å². The monoisotopic (exact) mass is 374 g/mol. The van der Waals surface area contributed by atoms with E-state index in [2.05, 4.69) is 41.3 Å².